The number of nitrogens with zero attached hydrogens (tertiary/aromatic N) is 1. The van der Waals surface area contributed by atoms with Crippen LogP contribution in [0.4, 0.5) is 5.69 Å². The smallest absolute Gasteiger partial charge is 0.0723 e. The van der Waals surface area contributed by atoms with E-state index in [1.54, 1.807) is 0 Å². The van der Waals surface area contributed by atoms with E-state index in [2.05, 4.69) is 18.7 Å². The van der Waals surface area contributed by atoms with Gasteiger partial charge in [0.25, 0.3) is 0 Å². The number of morpholine rings is 1. The summed E-state index contributed by atoms with van der Waals surface area (Å²) in [6.45, 7) is 6.41. The molecule has 0 saturated carbocycles. The van der Waals surface area contributed by atoms with E-state index in [1.807, 2.05) is 18.2 Å². The van der Waals surface area contributed by atoms with Gasteiger partial charge in [0.15, 0.2) is 0 Å². The monoisotopic (exact) mass is 268 g/mol. The number of halogens is 1. The molecule has 0 amide bonds. The molecule has 2 unspecified atom stereocenters. The number of anilines is 1. The highest BCUT2D eigenvalue weighted by Crippen LogP contribution is 2.33. The fourth-order valence-corrected chi connectivity index (χ4v) is 2.81. The molecule has 100 valence electrons. The molecule has 1 saturated heterocycles. The summed E-state index contributed by atoms with van der Waals surface area (Å²) in [4.78, 5) is 2.36. The Kier molecular flexibility index (Phi) is 4.49. The molecule has 2 atom stereocenters. The maximum atomic E-state index is 6.37. The average molecular weight is 269 g/mol. The summed E-state index contributed by atoms with van der Waals surface area (Å²) < 4.78 is 5.73. The number of nitrogens with two attached hydrogens (primary N) is 1. The number of hydrogen-bond acceptors (Lipinski definition) is 3. The van der Waals surface area contributed by atoms with Crippen molar-refractivity contribution < 1.29 is 4.74 Å². The van der Waals surface area contributed by atoms with Crippen LogP contribution in [0.25, 0.3) is 0 Å². The summed E-state index contributed by atoms with van der Waals surface area (Å²) in [5.41, 5.74) is 8.02. The summed E-state index contributed by atoms with van der Waals surface area (Å²) in [5.74, 6) is 0. The van der Waals surface area contributed by atoms with Gasteiger partial charge in [-0.05, 0) is 25.0 Å². The van der Waals surface area contributed by atoms with Crippen LogP contribution < -0.4 is 10.6 Å². The van der Waals surface area contributed by atoms with E-state index in [4.69, 9.17) is 22.1 Å². The van der Waals surface area contributed by atoms with Crippen molar-refractivity contribution in [3.63, 3.8) is 0 Å². The first-order chi connectivity index (χ1) is 8.67. The van der Waals surface area contributed by atoms with Gasteiger partial charge in [0.2, 0.25) is 0 Å². The molecular weight excluding hydrogens is 248 g/mol. The van der Waals surface area contributed by atoms with Crippen molar-refractivity contribution in [2.24, 2.45) is 5.73 Å². The van der Waals surface area contributed by atoms with E-state index in [9.17, 15) is 0 Å². The Morgan fingerprint density at radius 1 is 1.50 bits per heavy atom. The Morgan fingerprint density at radius 2 is 2.28 bits per heavy atom. The van der Waals surface area contributed by atoms with Gasteiger partial charge >= 0.3 is 0 Å². The van der Waals surface area contributed by atoms with Gasteiger partial charge in [-0.15, -0.1) is 0 Å². The second-order valence-electron chi connectivity index (χ2n) is 4.81. The van der Waals surface area contributed by atoms with E-state index in [1.165, 1.54) is 0 Å². The van der Waals surface area contributed by atoms with Crippen LogP contribution in [0.1, 0.15) is 25.8 Å². The van der Waals surface area contributed by atoms with Gasteiger partial charge in [-0.25, -0.2) is 0 Å². The highest BCUT2D eigenvalue weighted by molar-refractivity contribution is 6.33. The highest BCUT2D eigenvalue weighted by atomic mass is 35.5. The number of hydrogen-bond donors (Lipinski definition) is 1. The molecule has 1 heterocycles. The van der Waals surface area contributed by atoms with Gasteiger partial charge in [0.05, 0.1) is 29.5 Å². The fourth-order valence-electron chi connectivity index (χ4n) is 2.50. The molecule has 0 aromatic heterocycles. The summed E-state index contributed by atoms with van der Waals surface area (Å²) in [6.07, 6.45) is 1.27. The van der Waals surface area contributed by atoms with Crippen LogP contribution in [0, 0.1) is 0 Å². The average Bonchev–Trinajstić information content (AvgIpc) is 2.38. The second kappa shape index (κ2) is 5.91. The van der Waals surface area contributed by atoms with Crippen LogP contribution in [0.2, 0.25) is 5.02 Å². The number of ether oxygens (including phenoxy) is 1. The minimum atomic E-state index is 0.231. The summed E-state index contributed by atoms with van der Waals surface area (Å²) in [6, 6.07) is 6.32. The molecule has 0 spiro atoms. The lowest BCUT2D eigenvalue weighted by atomic mass is 10.1. The highest BCUT2D eigenvalue weighted by Gasteiger charge is 2.28. The zero-order chi connectivity index (χ0) is 13.1. The SMILES string of the molecule is CCC1COC(C)CN1c1c(Cl)cccc1CN. The first-order valence-corrected chi connectivity index (χ1v) is 6.90. The first-order valence-electron chi connectivity index (χ1n) is 6.53. The van der Waals surface area contributed by atoms with Crippen LogP contribution in [0.3, 0.4) is 0 Å². The van der Waals surface area contributed by atoms with Crippen molar-refractivity contribution in [3.8, 4) is 0 Å². The molecular formula is C14H21ClN2O. The van der Waals surface area contributed by atoms with Crippen molar-refractivity contribution in [2.45, 2.75) is 39.0 Å². The van der Waals surface area contributed by atoms with Gasteiger partial charge < -0.3 is 15.4 Å². The topological polar surface area (TPSA) is 38.5 Å². The lowest BCUT2D eigenvalue weighted by Crippen LogP contribution is -2.49. The van der Waals surface area contributed by atoms with Crippen molar-refractivity contribution in [3.05, 3.63) is 28.8 Å². The second-order valence-corrected chi connectivity index (χ2v) is 5.22. The zero-order valence-corrected chi connectivity index (χ0v) is 11.8. The number of para-hydroxylation sites is 1. The zero-order valence-electron chi connectivity index (χ0n) is 11.0. The molecule has 3 nitrogen and oxygen atoms in total. The Hall–Kier alpha value is -0.770. The fraction of sp³-hybridized carbons (Fsp3) is 0.571. The van der Waals surface area contributed by atoms with Crippen molar-refractivity contribution in [2.75, 3.05) is 18.1 Å². The minimum Gasteiger partial charge on any atom is -0.375 e. The maximum absolute atomic E-state index is 6.37. The summed E-state index contributed by atoms with van der Waals surface area (Å²) in [5, 5.41) is 0.783. The van der Waals surface area contributed by atoms with Crippen LogP contribution >= 0.6 is 11.6 Å². The predicted molar refractivity (Wildman–Crippen MR) is 76.2 cm³/mol. The summed E-state index contributed by atoms with van der Waals surface area (Å²) in [7, 11) is 0. The Balaban J connectivity index is 2.38. The van der Waals surface area contributed by atoms with Crippen molar-refractivity contribution >= 4 is 17.3 Å². The Labute approximate surface area is 114 Å². The molecule has 1 aliphatic heterocycles. The van der Waals surface area contributed by atoms with E-state index in [0.29, 0.717) is 12.6 Å². The van der Waals surface area contributed by atoms with Crippen LogP contribution in [0.15, 0.2) is 18.2 Å². The molecule has 1 fully saturated rings. The number of rotatable bonds is 3. The molecule has 4 heteroatoms. The lowest BCUT2D eigenvalue weighted by molar-refractivity contribution is 0.0299. The van der Waals surface area contributed by atoms with E-state index >= 15 is 0 Å². The molecule has 1 aliphatic rings. The van der Waals surface area contributed by atoms with E-state index in [0.717, 1.165) is 35.8 Å². The van der Waals surface area contributed by atoms with Gasteiger partial charge in [-0.3, -0.25) is 0 Å². The van der Waals surface area contributed by atoms with Crippen LogP contribution in [0.5, 0.6) is 0 Å². The van der Waals surface area contributed by atoms with Crippen molar-refractivity contribution in [1.82, 2.24) is 0 Å². The largest absolute Gasteiger partial charge is 0.375 e. The summed E-state index contributed by atoms with van der Waals surface area (Å²) >= 11 is 6.37. The molecule has 2 rings (SSSR count). The molecule has 2 N–H and O–H groups in total. The molecule has 18 heavy (non-hydrogen) atoms. The quantitative estimate of drug-likeness (QED) is 0.916. The Bertz CT molecular complexity index is 411. The standard InChI is InChI=1S/C14H21ClN2O/c1-3-12-9-18-10(2)8-17(12)14-11(7-16)5-4-6-13(14)15/h4-6,10,12H,3,7-9,16H2,1-2H3. The maximum Gasteiger partial charge on any atom is 0.0723 e. The van der Waals surface area contributed by atoms with Crippen LogP contribution in [-0.4, -0.2) is 25.3 Å². The predicted octanol–water partition coefficient (Wildman–Crippen LogP) is 2.80. The Morgan fingerprint density at radius 3 is 2.94 bits per heavy atom. The van der Waals surface area contributed by atoms with Gasteiger partial charge in [0, 0.05) is 13.1 Å². The normalized spacial score (nSPS) is 24.3. The number of benzene rings is 1. The third-order valence-electron chi connectivity index (χ3n) is 3.52. The lowest BCUT2D eigenvalue weighted by Gasteiger charge is -2.41. The minimum absolute atomic E-state index is 0.231. The van der Waals surface area contributed by atoms with E-state index < -0.39 is 0 Å². The van der Waals surface area contributed by atoms with Crippen LogP contribution in [-0.2, 0) is 11.3 Å². The van der Waals surface area contributed by atoms with Gasteiger partial charge in [-0.2, -0.15) is 0 Å². The molecule has 0 radical (unpaired) electrons. The third-order valence-corrected chi connectivity index (χ3v) is 3.82. The molecule has 0 bridgehead atoms. The van der Waals surface area contributed by atoms with Crippen molar-refractivity contribution in [1.29, 1.82) is 0 Å². The molecule has 1 aromatic rings. The third kappa shape index (κ3) is 2.63. The molecule has 1 aromatic carbocycles. The first kappa shape index (κ1) is 13.7. The van der Waals surface area contributed by atoms with E-state index in [-0.39, 0.29) is 6.10 Å². The van der Waals surface area contributed by atoms with Gasteiger partial charge in [0.1, 0.15) is 0 Å². The van der Waals surface area contributed by atoms with Gasteiger partial charge in [-0.1, -0.05) is 30.7 Å². The molecule has 0 aliphatic carbocycles.